The predicted molar refractivity (Wildman–Crippen MR) is 48.3 cm³/mol. The van der Waals surface area contributed by atoms with Crippen molar-refractivity contribution in [2.45, 2.75) is 20.8 Å². The zero-order valence-corrected chi connectivity index (χ0v) is 7.26. The van der Waals surface area contributed by atoms with Gasteiger partial charge >= 0.3 is 0 Å². The SMILES string of the molecule is C#Cc1ccc(C)nc1.CC. The van der Waals surface area contributed by atoms with Gasteiger partial charge in [0.1, 0.15) is 0 Å². The first-order valence-corrected chi connectivity index (χ1v) is 3.72. The summed E-state index contributed by atoms with van der Waals surface area (Å²) in [6.07, 6.45) is 6.80. The monoisotopic (exact) mass is 147 g/mol. The van der Waals surface area contributed by atoms with Crippen molar-refractivity contribution < 1.29 is 0 Å². The predicted octanol–water partition coefficient (Wildman–Crippen LogP) is 2.40. The van der Waals surface area contributed by atoms with E-state index < -0.39 is 0 Å². The van der Waals surface area contributed by atoms with Gasteiger partial charge in [-0.3, -0.25) is 4.98 Å². The second-order valence-corrected chi connectivity index (χ2v) is 1.83. The lowest BCUT2D eigenvalue weighted by Crippen LogP contribution is -1.79. The van der Waals surface area contributed by atoms with Gasteiger partial charge in [0.25, 0.3) is 0 Å². The van der Waals surface area contributed by atoms with Gasteiger partial charge in [-0.05, 0) is 19.1 Å². The highest BCUT2D eigenvalue weighted by Gasteiger charge is 1.84. The fourth-order valence-electron chi connectivity index (χ4n) is 0.553. The van der Waals surface area contributed by atoms with Crippen molar-refractivity contribution in [1.29, 1.82) is 0 Å². The molecule has 0 aliphatic rings. The van der Waals surface area contributed by atoms with Crippen molar-refractivity contribution in [3.63, 3.8) is 0 Å². The van der Waals surface area contributed by atoms with E-state index in [4.69, 9.17) is 6.42 Å². The van der Waals surface area contributed by atoms with E-state index in [2.05, 4.69) is 10.9 Å². The van der Waals surface area contributed by atoms with Crippen molar-refractivity contribution >= 4 is 0 Å². The molecule has 0 amide bonds. The molecule has 0 radical (unpaired) electrons. The summed E-state index contributed by atoms with van der Waals surface area (Å²) in [7, 11) is 0. The van der Waals surface area contributed by atoms with Crippen LogP contribution in [-0.2, 0) is 0 Å². The summed E-state index contributed by atoms with van der Waals surface area (Å²) in [4.78, 5) is 4.01. The van der Waals surface area contributed by atoms with E-state index in [1.807, 2.05) is 32.9 Å². The number of hydrogen-bond donors (Lipinski definition) is 0. The Bertz CT molecular complexity index is 228. The van der Waals surface area contributed by atoms with Crippen LogP contribution in [0.2, 0.25) is 0 Å². The average Bonchev–Trinajstić information content (AvgIpc) is 2.10. The molecule has 0 saturated carbocycles. The standard InChI is InChI=1S/C8H7N.C2H6/c1-3-8-5-4-7(2)9-6-8;1-2/h1,4-6H,2H3;1-2H3. The third-order valence-electron chi connectivity index (χ3n) is 1.08. The molecule has 1 aromatic rings. The van der Waals surface area contributed by atoms with E-state index in [1.54, 1.807) is 6.20 Å². The molecule has 0 aliphatic carbocycles. The first-order valence-electron chi connectivity index (χ1n) is 3.72. The van der Waals surface area contributed by atoms with Crippen molar-refractivity contribution in [2.75, 3.05) is 0 Å². The van der Waals surface area contributed by atoms with Gasteiger partial charge in [-0.2, -0.15) is 0 Å². The van der Waals surface area contributed by atoms with Gasteiger partial charge in [0.15, 0.2) is 0 Å². The van der Waals surface area contributed by atoms with Gasteiger partial charge in [0.05, 0.1) is 0 Å². The maximum Gasteiger partial charge on any atom is 0.0427 e. The first kappa shape index (κ1) is 9.71. The second kappa shape index (κ2) is 5.49. The van der Waals surface area contributed by atoms with Crippen molar-refractivity contribution in [1.82, 2.24) is 4.98 Å². The highest BCUT2D eigenvalue weighted by Crippen LogP contribution is 1.95. The largest absolute Gasteiger partial charge is 0.260 e. The molecule has 0 aliphatic heterocycles. The number of nitrogens with zero attached hydrogens (tertiary/aromatic N) is 1. The molecule has 0 spiro atoms. The molecule has 0 saturated heterocycles. The van der Waals surface area contributed by atoms with Crippen molar-refractivity contribution in [2.24, 2.45) is 0 Å². The Morgan fingerprint density at radius 1 is 1.36 bits per heavy atom. The first-order chi connectivity index (χ1) is 5.33. The van der Waals surface area contributed by atoms with Crippen LogP contribution in [0, 0.1) is 19.3 Å². The molecule has 1 heterocycles. The molecule has 1 heteroatoms. The van der Waals surface area contributed by atoms with Gasteiger partial charge in [0.2, 0.25) is 0 Å². The third kappa shape index (κ3) is 3.42. The van der Waals surface area contributed by atoms with Gasteiger partial charge in [-0.15, -0.1) is 6.42 Å². The molecule has 0 bridgehead atoms. The average molecular weight is 147 g/mol. The van der Waals surface area contributed by atoms with Crippen LogP contribution in [0.4, 0.5) is 0 Å². The fraction of sp³-hybridized carbons (Fsp3) is 0.300. The lowest BCUT2D eigenvalue weighted by atomic mass is 10.3. The minimum atomic E-state index is 0.834. The number of hydrogen-bond acceptors (Lipinski definition) is 1. The summed E-state index contributed by atoms with van der Waals surface area (Å²) in [6, 6.07) is 3.78. The van der Waals surface area contributed by atoms with Crippen LogP contribution in [0.15, 0.2) is 18.3 Å². The van der Waals surface area contributed by atoms with E-state index in [9.17, 15) is 0 Å². The van der Waals surface area contributed by atoms with Crippen LogP contribution in [0.1, 0.15) is 25.1 Å². The molecule has 1 rings (SSSR count). The second-order valence-electron chi connectivity index (χ2n) is 1.83. The molecule has 0 unspecified atom stereocenters. The van der Waals surface area contributed by atoms with E-state index in [0.717, 1.165) is 11.3 Å². The molecule has 0 fully saturated rings. The number of aryl methyl sites for hydroxylation is 1. The molecular formula is C10H13N. The van der Waals surface area contributed by atoms with Crippen LogP contribution >= 0.6 is 0 Å². The summed E-state index contributed by atoms with van der Waals surface area (Å²) in [5, 5.41) is 0. The van der Waals surface area contributed by atoms with Crippen molar-refractivity contribution in [3.8, 4) is 12.3 Å². The summed E-state index contributed by atoms with van der Waals surface area (Å²) < 4.78 is 0. The zero-order valence-electron chi connectivity index (χ0n) is 7.26. The lowest BCUT2D eigenvalue weighted by Gasteiger charge is -1.88. The van der Waals surface area contributed by atoms with E-state index in [-0.39, 0.29) is 0 Å². The molecule has 58 valence electrons. The van der Waals surface area contributed by atoms with Gasteiger partial charge in [-0.25, -0.2) is 0 Å². The molecular weight excluding hydrogens is 134 g/mol. The van der Waals surface area contributed by atoms with E-state index >= 15 is 0 Å². The highest BCUT2D eigenvalue weighted by molar-refractivity contribution is 5.29. The van der Waals surface area contributed by atoms with Crippen molar-refractivity contribution in [3.05, 3.63) is 29.6 Å². The smallest absolute Gasteiger partial charge is 0.0427 e. The lowest BCUT2D eigenvalue weighted by molar-refractivity contribution is 1.19. The quantitative estimate of drug-likeness (QED) is 0.513. The highest BCUT2D eigenvalue weighted by atomic mass is 14.6. The Kier molecular flexibility index (Phi) is 4.85. The maximum absolute atomic E-state index is 5.11. The van der Waals surface area contributed by atoms with Gasteiger partial charge in [-0.1, -0.05) is 19.8 Å². The molecule has 0 N–H and O–H groups in total. The summed E-state index contributed by atoms with van der Waals surface area (Å²) in [5.74, 6) is 2.49. The Morgan fingerprint density at radius 3 is 2.36 bits per heavy atom. The topological polar surface area (TPSA) is 12.9 Å². The van der Waals surface area contributed by atoms with Crippen LogP contribution in [0.5, 0.6) is 0 Å². The molecule has 11 heavy (non-hydrogen) atoms. The van der Waals surface area contributed by atoms with Crippen LogP contribution in [0.25, 0.3) is 0 Å². The number of pyridine rings is 1. The normalized spacial score (nSPS) is 7.45. The van der Waals surface area contributed by atoms with Crippen LogP contribution in [-0.4, -0.2) is 4.98 Å². The number of aromatic nitrogens is 1. The summed E-state index contributed by atoms with van der Waals surface area (Å²) in [6.45, 7) is 5.93. The maximum atomic E-state index is 5.11. The number of rotatable bonds is 0. The van der Waals surface area contributed by atoms with Crippen LogP contribution < -0.4 is 0 Å². The van der Waals surface area contributed by atoms with Gasteiger partial charge < -0.3 is 0 Å². The Labute approximate surface area is 68.5 Å². The Balaban J connectivity index is 0.000000461. The Morgan fingerprint density at radius 2 is 2.00 bits per heavy atom. The minimum absolute atomic E-state index is 0.834. The zero-order chi connectivity index (χ0) is 8.69. The number of terminal acetylenes is 1. The van der Waals surface area contributed by atoms with E-state index in [1.165, 1.54) is 0 Å². The fourth-order valence-corrected chi connectivity index (χ4v) is 0.553. The van der Waals surface area contributed by atoms with Gasteiger partial charge in [0, 0.05) is 17.5 Å². The minimum Gasteiger partial charge on any atom is -0.260 e. The molecule has 0 atom stereocenters. The molecule has 1 nitrogen and oxygen atoms in total. The third-order valence-corrected chi connectivity index (χ3v) is 1.08. The molecule has 1 aromatic heterocycles. The summed E-state index contributed by atoms with van der Waals surface area (Å²) >= 11 is 0. The Hall–Kier alpha value is -1.29. The molecule has 0 aromatic carbocycles. The summed E-state index contributed by atoms with van der Waals surface area (Å²) in [5.41, 5.74) is 1.83. The van der Waals surface area contributed by atoms with Crippen LogP contribution in [0.3, 0.4) is 0 Å². The van der Waals surface area contributed by atoms with E-state index in [0.29, 0.717) is 0 Å².